The number of quaternary nitrogens is 1. The molecule has 0 aliphatic carbocycles. The largest absolute Gasteiger partial charge is 0.324 e. The van der Waals surface area contributed by atoms with E-state index in [-0.39, 0.29) is 5.75 Å². The lowest BCUT2D eigenvalue weighted by Crippen LogP contribution is -2.49. The van der Waals surface area contributed by atoms with E-state index in [9.17, 15) is 8.42 Å². The molecule has 0 unspecified atom stereocenters. The highest BCUT2D eigenvalue weighted by Crippen LogP contribution is 2.11. The van der Waals surface area contributed by atoms with Gasteiger partial charge in [0.25, 0.3) is 10.1 Å². The molecule has 0 aromatic rings. The Labute approximate surface area is 100.0 Å². The molecule has 0 aliphatic rings. The second kappa shape index (κ2) is 7.25. The van der Waals surface area contributed by atoms with Crippen molar-refractivity contribution in [3.63, 3.8) is 0 Å². The van der Waals surface area contributed by atoms with E-state index >= 15 is 0 Å². The van der Waals surface area contributed by atoms with E-state index in [0.29, 0.717) is 6.42 Å². The highest BCUT2D eigenvalue weighted by Gasteiger charge is 2.22. The Morgan fingerprint density at radius 3 is 1.88 bits per heavy atom. The molecule has 0 heterocycles. The SMILES string of the molecule is CCCC[N+](CC)(CC)CCCS(=O)(=O)O. The smallest absolute Gasteiger partial charge is 0.265 e. The summed E-state index contributed by atoms with van der Waals surface area (Å²) in [6.07, 6.45) is 2.89. The van der Waals surface area contributed by atoms with Crippen molar-refractivity contribution in [2.24, 2.45) is 0 Å². The molecular weight excluding hydrogens is 226 g/mol. The van der Waals surface area contributed by atoms with E-state index in [2.05, 4.69) is 20.8 Å². The van der Waals surface area contributed by atoms with Crippen LogP contribution in [0.3, 0.4) is 0 Å². The Balaban J connectivity index is 4.21. The normalized spacial score (nSPS) is 13.0. The van der Waals surface area contributed by atoms with Crippen LogP contribution in [-0.4, -0.2) is 49.4 Å². The monoisotopic (exact) mass is 252 g/mol. The van der Waals surface area contributed by atoms with Gasteiger partial charge in [-0.2, -0.15) is 8.42 Å². The Bertz CT molecular complexity index is 271. The van der Waals surface area contributed by atoms with Crippen LogP contribution in [0.15, 0.2) is 0 Å². The molecule has 0 radical (unpaired) electrons. The van der Waals surface area contributed by atoms with Crippen LogP contribution in [0.1, 0.15) is 40.0 Å². The van der Waals surface area contributed by atoms with Gasteiger partial charge in [0.05, 0.1) is 31.9 Å². The van der Waals surface area contributed by atoms with E-state index in [1.54, 1.807) is 0 Å². The van der Waals surface area contributed by atoms with Gasteiger partial charge in [-0.05, 0) is 20.3 Å². The lowest BCUT2D eigenvalue weighted by Gasteiger charge is -2.37. The van der Waals surface area contributed by atoms with Crippen LogP contribution in [0.4, 0.5) is 0 Å². The van der Waals surface area contributed by atoms with Crippen molar-refractivity contribution in [1.29, 1.82) is 0 Å². The summed E-state index contributed by atoms with van der Waals surface area (Å²) in [4.78, 5) is 0. The average molecular weight is 252 g/mol. The van der Waals surface area contributed by atoms with Crippen LogP contribution < -0.4 is 0 Å². The third-order valence-electron chi connectivity index (χ3n) is 3.36. The lowest BCUT2D eigenvalue weighted by molar-refractivity contribution is -0.925. The van der Waals surface area contributed by atoms with Gasteiger partial charge in [-0.15, -0.1) is 0 Å². The summed E-state index contributed by atoms with van der Waals surface area (Å²) >= 11 is 0. The van der Waals surface area contributed by atoms with Gasteiger partial charge in [0.2, 0.25) is 0 Å². The third-order valence-corrected chi connectivity index (χ3v) is 4.17. The van der Waals surface area contributed by atoms with Crippen LogP contribution in [0.5, 0.6) is 0 Å². The summed E-state index contributed by atoms with van der Waals surface area (Å²) in [7, 11) is -3.79. The van der Waals surface area contributed by atoms with E-state index in [0.717, 1.165) is 37.1 Å². The zero-order valence-electron chi connectivity index (χ0n) is 10.8. The standard InChI is InChI=1S/C11H25NO3S/c1-4-7-9-12(5-2,6-3)10-8-11-16(13,14)15/h4-11H2,1-3H3/p+1. The zero-order valence-corrected chi connectivity index (χ0v) is 11.6. The molecule has 0 spiro atoms. The van der Waals surface area contributed by atoms with Gasteiger partial charge in [0, 0.05) is 6.42 Å². The lowest BCUT2D eigenvalue weighted by atomic mass is 10.2. The van der Waals surface area contributed by atoms with E-state index < -0.39 is 10.1 Å². The average Bonchev–Trinajstić information content (AvgIpc) is 2.22. The number of nitrogens with zero attached hydrogens (tertiary/aromatic N) is 1. The molecule has 0 aliphatic heterocycles. The first-order chi connectivity index (χ1) is 7.39. The van der Waals surface area contributed by atoms with Crippen molar-refractivity contribution in [1.82, 2.24) is 0 Å². The molecule has 0 atom stereocenters. The number of rotatable bonds is 9. The van der Waals surface area contributed by atoms with Gasteiger partial charge >= 0.3 is 0 Å². The highest BCUT2D eigenvalue weighted by molar-refractivity contribution is 7.85. The summed E-state index contributed by atoms with van der Waals surface area (Å²) in [5.74, 6) is -0.112. The van der Waals surface area contributed by atoms with Gasteiger partial charge in [-0.3, -0.25) is 4.55 Å². The van der Waals surface area contributed by atoms with Gasteiger partial charge in [0.1, 0.15) is 0 Å². The van der Waals surface area contributed by atoms with Crippen molar-refractivity contribution in [2.75, 3.05) is 31.9 Å². The molecule has 0 saturated heterocycles. The summed E-state index contributed by atoms with van der Waals surface area (Å²) in [5, 5.41) is 0. The molecule has 0 amide bonds. The maximum absolute atomic E-state index is 10.7. The Morgan fingerprint density at radius 2 is 1.50 bits per heavy atom. The topological polar surface area (TPSA) is 54.4 Å². The molecule has 0 bridgehead atoms. The summed E-state index contributed by atoms with van der Waals surface area (Å²) in [6, 6.07) is 0. The van der Waals surface area contributed by atoms with Crippen molar-refractivity contribution < 1.29 is 17.5 Å². The highest BCUT2D eigenvalue weighted by atomic mass is 32.2. The van der Waals surface area contributed by atoms with Gasteiger partial charge in [-0.1, -0.05) is 13.3 Å². The molecule has 5 heteroatoms. The van der Waals surface area contributed by atoms with Crippen LogP contribution in [-0.2, 0) is 10.1 Å². The Morgan fingerprint density at radius 1 is 1.00 bits per heavy atom. The molecule has 0 saturated carbocycles. The Hall–Kier alpha value is -0.130. The van der Waals surface area contributed by atoms with Gasteiger partial charge in [0.15, 0.2) is 0 Å². The second-order valence-corrected chi connectivity index (χ2v) is 5.99. The molecule has 98 valence electrons. The van der Waals surface area contributed by atoms with Crippen molar-refractivity contribution in [3.05, 3.63) is 0 Å². The minimum atomic E-state index is -3.79. The van der Waals surface area contributed by atoms with Crippen LogP contribution >= 0.6 is 0 Å². The van der Waals surface area contributed by atoms with Gasteiger partial charge in [-0.25, -0.2) is 0 Å². The number of unbranched alkanes of at least 4 members (excludes halogenated alkanes) is 1. The molecule has 16 heavy (non-hydrogen) atoms. The first-order valence-corrected chi connectivity index (χ1v) is 7.80. The molecule has 0 fully saturated rings. The van der Waals surface area contributed by atoms with E-state index in [1.165, 1.54) is 6.42 Å². The molecule has 0 aromatic carbocycles. The summed E-state index contributed by atoms with van der Waals surface area (Å²) in [6.45, 7) is 10.5. The fourth-order valence-electron chi connectivity index (χ4n) is 2.04. The summed E-state index contributed by atoms with van der Waals surface area (Å²) in [5.41, 5.74) is 0. The first-order valence-electron chi connectivity index (χ1n) is 6.19. The predicted molar refractivity (Wildman–Crippen MR) is 67.0 cm³/mol. The zero-order chi connectivity index (χ0) is 12.7. The van der Waals surface area contributed by atoms with Crippen molar-refractivity contribution in [2.45, 2.75) is 40.0 Å². The van der Waals surface area contributed by atoms with E-state index in [4.69, 9.17) is 4.55 Å². The number of hydrogen-bond acceptors (Lipinski definition) is 2. The molecule has 1 N–H and O–H groups in total. The van der Waals surface area contributed by atoms with Gasteiger partial charge < -0.3 is 4.48 Å². The van der Waals surface area contributed by atoms with Crippen LogP contribution in [0, 0.1) is 0 Å². The number of hydrogen-bond donors (Lipinski definition) is 1. The minimum absolute atomic E-state index is 0.112. The Kier molecular flexibility index (Phi) is 7.19. The first kappa shape index (κ1) is 15.9. The fourth-order valence-corrected chi connectivity index (χ4v) is 2.54. The van der Waals surface area contributed by atoms with Crippen molar-refractivity contribution in [3.8, 4) is 0 Å². The van der Waals surface area contributed by atoms with E-state index in [1.807, 2.05) is 0 Å². The summed E-state index contributed by atoms with van der Waals surface area (Å²) < 4.78 is 31.0. The maximum Gasteiger partial charge on any atom is 0.265 e. The predicted octanol–water partition coefficient (Wildman–Crippen LogP) is 1.92. The fraction of sp³-hybridized carbons (Fsp3) is 1.00. The molecule has 4 nitrogen and oxygen atoms in total. The molecule has 0 rings (SSSR count). The minimum Gasteiger partial charge on any atom is -0.324 e. The second-order valence-electron chi connectivity index (χ2n) is 4.41. The van der Waals surface area contributed by atoms with Crippen LogP contribution in [0.2, 0.25) is 0 Å². The molecule has 0 aromatic heterocycles. The van der Waals surface area contributed by atoms with Crippen LogP contribution in [0.25, 0.3) is 0 Å². The third kappa shape index (κ3) is 6.45. The molecular formula is C11H26NO3S+. The van der Waals surface area contributed by atoms with Crippen molar-refractivity contribution >= 4 is 10.1 Å². The maximum atomic E-state index is 10.7. The quantitative estimate of drug-likeness (QED) is 0.504.